The Morgan fingerprint density at radius 3 is 3.00 bits per heavy atom. The van der Waals surface area contributed by atoms with Gasteiger partial charge in [0.05, 0.1) is 0 Å². The van der Waals surface area contributed by atoms with Gasteiger partial charge in [-0.2, -0.15) is 4.98 Å². The molecule has 0 spiro atoms. The molecule has 0 saturated carbocycles. The number of nitrogens with zero attached hydrogens (tertiary/aromatic N) is 3. The van der Waals surface area contributed by atoms with E-state index in [4.69, 9.17) is 10.2 Å². The fraction of sp³-hybridized carbons (Fsp3) is 0.600. The van der Waals surface area contributed by atoms with E-state index in [1.54, 1.807) is 0 Å². The Hall–Kier alpha value is -1.82. The summed E-state index contributed by atoms with van der Waals surface area (Å²) in [4.78, 5) is 11.2. The van der Waals surface area contributed by atoms with Crippen LogP contribution in [0.1, 0.15) is 31.1 Å². The number of nitrogen functional groups attached to an aromatic ring is 1. The van der Waals surface area contributed by atoms with Crippen LogP contribution in [0, 0.1) is 0 Å². The highest BCUT2D eigenvalue weighted by Crippen LogP contribution is 2.35. The lowest BCUT2D eigenvalue weighted by Crippen LogP contribution is -2.49. The van der Waals surface area contributed by atoms with Gasteiger partial charge in [-0.25, -0.2) is 4.98 Å². The fourth-order valence-electron chi connectivity index (χ4n) is 3.46. The summed E-state index contributed by atoms with van der Waals surface area (Å²) < 4.78 is 6.12. The summed E-state index contributed by atoms with van der Waals surface area (Å²) >= 11 is 0. The van der Waals surface area contributed by atoms with Crippen molar-refractivity contribution in [1.29, 1.82) is 0 Å². The van der Waals surface area contributed by atoms with Crippen molar-refractivity contribution in [3.63, 3.8) is 0 Å². The Morgan fingerprint density at radius 1 is 1.29 bits per heavy atom. The molecule has 112 valence electrons. The number of nitrogens with one attached hydrogen (secondary N) is 1. The van der Waals surface area contributed by atoms with E-state index in [1.165, 1.54) is 18.4 Å². The Balaban J connectivity index is 1.86. The molecule has 0 aromatic carbocycles. The third kappa shape index (κ3) is 2.14. The van der Waals surface area contributed by atoms with E-state index < -0.39 is 0 Å². The van der Waals surface area contributed by atoms with Gasteiger partial charge in [0, 0.05) is 37.7 Å². The maximum absolute atomic E-state index is 6.12. The summed E-state index contributed by atoms with van der Waals surface area (Å²) in [6.07, 6.45) is 4.43. The van der Waals surface area contributed by atoms with E-state index >= 15 is 0 Å². The number of aryl methyl sites for hydroxylation is 2. The molecular weight excluding hydrogens is 266 g/mol. The van der Waals surface area contributed by atoms with Gasteiger partial charge < -0.3 is 20.4 Å². The van der Waals surface area contributed by atoms with E-state index in [0.717, 1.165) is 55.2 Å². The standard InChI is InChI=1S/C15H21N5O/c1-9-8-20(7-6-17-9)14-13-12(18-15(16)19-14)10-4-2-3-5-11(10)21-13/h9,17H,2-8H2,1H3,(H2,16,18,19). The fourth-order valence-corrected chi connectivity index (χ4v) is 3.46. The molecule has 6 nitrogen and oxygen atoms in total. The molecule has 3 heterocycles. The molecule has 1 saturated heterocycles. The summed E-state index contributed by atoms with van der Waals surface area (Å²) in [5.74, 6) is 2.29. The van der Waals surface area contributed by atoms with Crippen molar-refractivity contribution in [2.75, 3.05) is 30.3 Å². The molecule has 1 aliphatic carbocycles. The first-order valence-electron chi connectivity index (χ1n) is 7.78. The third-order valence-corrected chi connectivity index (χ3v) is 4.46. The quantitative estimate of drug-likeness (QED) is 0.827. The largest absolute Gasteiger partial charge is 0.455 e. The number of furan rings is 1. The van der Waals surface area contributed by atoms with Gasteiger partial charge in [-0.1, -0.05) is 0 Å². The monoisotopic (exact) mass is 287 g/mol. The van der Waals surface area contributed by atoms with E-state index in [9.17, 15) is 0 Å². The molecule has 1 unspecified atom stereocenters. The molecule has 0 bridgehead atoms. The topological polar surface area (TPSA) is 80.2 Å². The molecular formula is C15H21N5O. The third-order valence-electron chi connectivity index (χ3n) is 4.46. The van der Waals surface area contributed by atoms with Crippen LogP contribution in [0.3, 0.4) is 0 Å². The predicted molar refractivity (Wildman–Crippen MR) is 82.5 cm³/mol. The van der Waals surface area contributed by atoms with Gasteiger partial charge in [-0.15, -0.1) is 0 Å². The van der Waals surface area contributed by atoms with E-state index in [0.29, 0.717) is 12.0 Å². The number of piperazine rings is 1. The van der Waals surface area contributed by atoms with Crippen LogP contribution in [0.4, 0.5) is 11.8 Å². The number of anilines is 2. The lowest BCUT2D eigenvalue weighted by atomic mass is 9.98. The van der Waals surface area contributed by atoms with Gasteiger partial charge in [-0.3, -0.25) is 0 Å². The molecule has 1 atom stereocenters. The van der Waals surface area contributed by atoms with Crippen LogP contribution >= 0.6 is 0 Å². The van der Waals surface area contributed by atoms with Crippen LogP contribution in [0.5, 0.6) is 0 Å². The number of aromatic nitrogens is 2. The van der Waals surface area contributed by atoms with Crippen molar-refractivity contribution in [3.05, 3.63) is 11.3 Å². The molecule has 4 rings (SSSR count). The minimum absolute atomic E-state index is 0.345. The molecule has 1 aliphatic heterocycles. The van der Waals surface area contributed by atoms with Crippen LogP contribution in [0.2, 0.25) is 0 Å². The highest BCUT2D eigenvalue weighted by Gasteiger charge is 2.26. The predicted octanol–water partition coefficient (Wildman–Crippen LogP) is 1.48. The minimum atomic E-state index is 0.345. The van der Waals surface area contributed by atoms with Gasteiger partial charge in [-0.05, 0) is 26.2 Å². The first-order valence-corrected chi connectivity index (χ1v) is 7.78. The number of hydrogen-bond acceptors (Lipinski definition) is 6. The maximum atomic E-state index is 6.12. The molecule has 21 heavy (non-hydrogen) atoms. The second-order valence-electron chi connectivity index (χ2n) is 6.10. The SMILES string of the molecule is CC1CN(c2nc(N)nc3c4c(oc23)CCCC4)CCN1. The lowest BCUT2D eigenvalue weighted by Gasteiger charge is -2.32. The van der Waals surface area contributed by atoms with E-state index in [2.05, 4.69) is 27.1 Å². The van der Waals surface area contributed by atoms with Crippen molar-refractivity contribution in [2.45, 2.75) is 38.6 Å². The average molecular weight is 287 g/mol. The summed E-state index contributed by atoms with van der Waals surface area (Å²) in [5, 5.41) is 3.45. The van der Waals surface area contributed by atoms with Crippen LogP contribution < -0.4 is 16.0 Å². The number of fused-ring (bicyclic) bond motifs is 3. The van der Waals surface area contributed by atoms with Crippen LogP contribution in [0.25, 0.3) is 11.1 Å². The number of hydrogen-bond donors (Lipinski definition) is 2. The first kappa shape index (κ1) is 12.9. The van der Waals surface area contributed by atoms with Crippen LogP contribution in [0.15, 0.2) is 4.42 Å². The van der Waals surface area contributed by atoms with Crippen molar-refractivity contribution in [3.8, 4) is 0 Å². The van der Waals surface area contributed by atoms with Crippen molar-refractivity contribution < 1.29 is 4.42 Å². The highest BCUT2D eigenvalue weighted by atomic mass is 16.3. The van der Waals surface area contributed by atoms with Gasteiger partial charge in [0.15, 0.2) is 11.4 Å². The Morgan fingerprint density at radius 2 is 2.14 bits per heavy atom. The number of rotatable bonds is 1. The Bertz CT molecular complexity index is 680. The van der Waals surface area contributed by atoms with Crippen molar-refractivity contribution >= 4 is 22.9 Å². The molecule has 1 fully saturated rings. The summed E-state index contributed by atoms with van der Waals surface area (Å²) in [5.41, 5.74) is 8.95. The zero-order valence-corrected chi connectivity index (χ0v) is 12.4. The van der Waals surface area contributed by atoms with Gasteiger partial charge in [0.2, 0.25) is 5.95 Å². The van der Waals surface area contributed by atoms with Crippen molar-refractivity contribution in [2.24, 2.45) is 0 Å². The molecule has 0 amide bonds. The zero-order chi connectivity index (χ0) is 14.4. The molecule has 2 aliphatic rings. The summed E-state index contributed by atoms with van der Waals surface area (Å²) in [6, 6.07) is 0.439. The summed E-state index contributed by atoms with van der Waals surface area (Å²) in [6.45, 7) is 4.96. The van der Waals surface area contributed by atoms with Gasteiger partial charge in [0.25, 0.3) is 0 Å². The van der Waals surface area contributed by atoms with Crippen LogP contribution in [-0.4, -0.2) is 35.6 Å². The Labute approximate surface area is 123 Å². The summed E-state index contributed by atoms with van der Waals surface area (Å²) in [7, 11) is 0. The molecule has 0 radical (unpaired) electrons. The minimum Gasteiger partial charge on any atom is -0.455 e. The molecule has 3 N–H and O–H groups in total. The molecule has 6 heteroatoms. The average Bonchev–Trinajstić information content (AvgIpc) is 2.85. The first-order chi connectivity index (χ1) is 10.2. The van der Waals surface area contributed by atoms with E-state index in [-0.39, 0.29) is 0 Å². The van der Waals surface area contributed by atoms with Crippen molar-refractivity contribution in [1.82, 2.24) is 15.3 Å². The second-order valence-corrected chi connectivity index (χ2v) is 6.10. The van der Waals surface area contributed by atoms with E-state index in [1.807, 2.05) is 0 Å². The lowest BCUT2D eigenvalue weighted by molar-refractivity contribution is 0.476. The smallest absolute Gasteiger partial charge is 0.222 e. The number of nitrogens with two attached hydrogens (primary N) is 1. The maximum Gasteiger partial charge on any atom is 0.222 e. The normalized spacial score (nSPS) is 22.5. The zero-order valence-electron chi connectivity index (χ0n) is 12.4. The van der Waals surface area contributed by atoms with Crippen LogP contribution in [-0.2, 0) is 12.8 Å². The molecule has 2 aromatic rings. The highest BCUT2D eigenvalue weighted by molar-refractivity contribution is 5.88. The molecule has 2 aromatic heterocycles. The Kier molecular flexibility index (Phi) is 2.99. The second kappa shape index (κ2) is 4.87. The van der Waals surface area contributed by atoms with Gasteiger partial charge in [0.1, 0.15) is 11.3 Å². The van der Waals surface area contributed by atoms with Gasteiger partial charge >= 0.3 is 0 Å².